The summed E-state index contributed by atoms with van der Waals surface area (Å²) >= 11 is 0. The molecule has 0 radical (unpaired) electrons. The number of unbranched alkanes of at least 4 members (excludes halogenated alkanes) is 9. The number of piperidine rings is 1. The lowest BCUT2D eigenvalue weighted by Gasteiger charge is -2.34. The second-order valence-corrected chi connectivity index (χ2v) is 15.0. The van der Waals surface area contributed by atoms with Gasteiger partial charge >= 0.3 is 6.09 Å². The molecule has 256 valence electrons. The predicted molar refractivity (Wildman–Crippen MR) is 172 cm³/mol. The standard InChI is InChI=1S/C34H56N2O8S/c1-5-6-7-8-9-10-11-12-13-17-24-40-32-31-30(43-34(3,4)44-31)29(42-32)28(25-36-22-15-14-16-23-36)41-33(37)35-45(38,39)27-20-18-26(2)19-21-27/h18-21,28-32H,5-17,22-25H2,1-4H3,(H,35,37)/t28-,29-,30+,31+,32+/m1/s1. The molecular formula is C34H56N2O8S. The van der Waals surface area contributed by atoms with E-state index in [0.29, 0.717) is 13.2 Å². The van der Waals surface area contributed by atoms with Crippen molar-refractivity contribution in [3.63, 3.8) is 0 Å². The molecule has 3 aliphatic heterocycles. The minimum Gasteiger partial charge on any atom is -0.441 e. The van der Waals surface area contributed by atoms with Crippen LogP contribution in [0.5, 0.6) is 0 Å². The fraction of sp³-hybridized carbons (Fsp3) is 0.794. The third-order valence-electron chi connectivity index (χ3n) is 8.89. The molecule has 3 fully saturated rings. The summed E-state index contributed by atoms with van der Waals surface area (Å²) in [5.41, 5.74) is 0.915. The van der Waals surface area contributed by atoms with E-state index in [0.717, 1.165) is 50.8 Å². The molecule has 0 spiro atoms. The second-order valence-electron chi connectivity index (χ2n) is 13.3. The first-order valence-electron chi connectivity index (χ1n) is 17.2. The van der Waals surface area contributed by atoms with Gasteiger partial charge in [0.05, 0.1) is 4.90 Å². The van der Waals surface area contributed by atoms with Crippen molar-refractivity contribution in [3.05, 3.63) is 29.8 Å². The van der Waals surface area contributed by atoms with Crippen molar-refractivity contribution >= 4 is 16.1 Å². The van der Waals surface area contributed by atoms with E-state index < -0.39 is 52.6 Å². The Hall–Kier alpha value is -1.76. The number of ether oxygens (including phenoxy) is 5. The Kier molecular flexibility index (Phi) is 14.0. The molecule has 1 aromatic rings. The molecule has 5 atom stereocenters. The Morgan fingerprint density at radius 3 is 2.18 bits per heavy atom. The molecule has 3 saturated heterocycles. The number of hydrogen-bond acceptors (Lipinski definition) is 9. The number of nitrogens with one attached hydrogen (secondary N) is 1. The van der Waals surface area contributed by atoms with Crippen molar-refractivity contribution < 1.29 is 36.9 Å². The summed E-state index contributed by atoms with van der Waals surface area (Å²) in [5.74, 6) is -0.858. The summed E-state index contributed by atoms with van der Waals surface area (Å²) in [6.45, 7) is 10.5. The topological polar surface area (TPSA) is 113 Å². The molecular weight excluding hydrogens is 596 g/mol. The van der Waals surface area contributed by atoms with Crippen molar-refractivity contribution in [2.45, 2.75) is 153 Å². The molecule has 45 heavy (non-hydrogen) atoms. The molecule has 1 amide bonds. The van der Waals surface area contributed by atoms with Gasteiger partial charge in [-0.05, 0) is 65.3 Å². The molecule has 11 heteroatoms. The summed E-state index contributed by atoms with van der Waals surface area (Å²) in [6, 6.07) is 6.29. The van der Waals surface area contributed by atoms with Gasteiger partial charge in [0.15, 0.2) is 12.1 Å². The first-order chi connectivity index (χ1) is 21.6. The van der Waals surface area contributed by atoms with Crippen molar-refractivity contribution in [1.29, 1.82) is 0 Å². The maximum atomic E-state index is 13.1. The maximum absolute atomic E-state index is 13.1. The van der Waals surface area contributed by atoms with Gasteiger partial charge in [-0.2, -0.15) is 0 Å². The van der Waals surface area contributed by atoms with E-state index in [2.05, 4.69) is 16.5 Å². The molecule has 0 saturated carbocycles. The molecule has 3 heterocycles. The van der Waals surface area contributed by atoms with Crippen LogP contribution < -0.4 is 4.72 Å². The van der Waals surface area contributed by atoms with Gasteiger partial charge in [-0.25, -0.2) is 17.9 Å². The summed E-state index contributed by atoms with van der Waals surface area (Å²) in [6.07, 6.45) is 11.4. The molecule has 10 nitrogen and oxygen atoms in total. The molecule has 3 aliphatic rings. The molecule has 4 rings (SSSR count). The van der Waals surface area contributed by atoms with Gasteiger partial charge in [-0.15, -0.1) is 0 Å². The van der Waals surface area contributed by atoms with Crippen LogP contribution in [-0.4, -0.2) is 82.1 Å². The number of aryl methyl sites for hydroxylation is 1. The van der Waals surface area contributed by atoms with E-state index in [1.807, 2.05) is 20.8 Å². The summed E-state index contributed by atoms with van der Waals surface area (Å²) < 4.78 is 58.9. The van der Waals surface area contributed by atoms with Crippen LogP contribution in [0.3, 0.4) is 0 Å². The number of fused-ring (bicyclic) bond motifs is 1. The first kappa shape index (κ1) is 36.1. The minimum absolute atomic E-state index is 0.00970. The predicted octanol–water partition coefficient (Wildman–Crippen LogP) is 6.45. The summed E-state index contributed by atoms with van der Waals surface area (Å²) in [4.78, 5) is 15.3. The number of rotatable bonds is 18. The summed E-state index contributed by atoms with van der Waals surface area (Å²) in [7, 11) is -4.11. The van der Waals surface area contributed by atoms with Crippen LogP contribution in [0.4, 0.5) is 4.79 Å². The zero-order valence-corrected chi connectivity index (χ0v) is 28.7. The van der Waals surface area contributed by atoms with Crippen LogP contribution in [0.1, 0.15) is 110 Å². The lowest BCUT2D eigenvalue weighted by Crippen LogP contribution is -2.50. The molecule has 0 aliphatic carbocycles. The summed E-state index contributed by atoms with van der Waals surface area (Å²) in [5, 5.41) is 0. The number of nitrogens with zero attached hydrogens (tertiary/aromatic N) is 1. The minimum atomic E-state index is -4.11. The van der Waals surface area contributed by atoms with Crippen LogP contribution in [0, 0.1) is 6.92 Å². The highest BCUT2D eigenvalue weighted by Gasteiger charge is 2.58. The number of carbonyl (C=O) groups is 1. The Balaban J connectivity index is 1.35. The highest BCUT2D eigenvalue weighted by Crippen LogP contribution is 2.41. The van der Waals surface area contributed by atoms with Crippen LogP contribution in [0.2, 0.25) is 0 Å². The zero-order chi connectivity index (χ0) is 32.3. The molecule has 0 aromatic heterocycles. The monoisotopic (exact) mass is 652 g/mol. The average molecular weight is 653 g/mol. The third-order valence-corrected chi connectivity index (χ3v) is 10.2. The van der Waals surface area contributed by atoms with Crippen LogP contribution in [-0.2, 0) is 33.7 Å². The normalized spacial score (nSPS) is 25.6. The van der Waals surface area contributed by atoms with Crippen LogP contribution in [0.15, 0.2) is 29.2 Å². The molecule has 1 aromatic carbocycles. The molecule has 0 bridgehead atoms. The van der Waals surface area contributed by atoms with Gasteiger partial charge in [0.25, 0.3) is 10.0 Å². The van der Waals surface area contributed by atoms with E-state index >= 15 is 0 Å². The van der Waals surface area contributed by atoms with Gasteiger partial charge in [0.2, 0.25) is 0 Å². The lowest BCUT2D eigenvalue weighted by molar-refractivity contribution is -0.243. The number of sulfonamides is 1. The van der Waals surface area contributed by atoms with Gasteiger partial charge in [-0.3, -0.25) is 4.90 Å². The molecule has 1 N–H and O–H groups in total. The molecule has 0 unspecified atom stereocenters. The largest absolute Gasteiger partial charge is 0.441 e. The van der Waals surface area contributed by atoms with Gasteiger partial charge < -0.3 is 23.7 Å². The van der Waals surface area contributed by atoms with Crippen LogP contribution >= 0.6 is 0 Å². The highest BCUT2D eigenvalue weighted by molar-refractivity contribution is 7.90. The average Bonchev–Trinajstić information content (AvgIpc) is 3.48. The van der Waals surface area contributed by atoms with Gasteiger partial charge in [-0.1, -0.05) is 88.8 Å². The van der Waals surface area contributed by atoms with E-state index in [9.17, 15) is 13.2 Å². The van der Waals surface area contributed by atoms with Crippen molar-refractivity contribution in [1.82, 2.24) is 9.62 Å². The van der Waals surface area contributed by atoms with Crippen molar-refractivity contribution in [2.24, 2.45) is 0 Å². The fourth-order valence-electron chi connectivity index (χ4n) is 6.47. The Labute approximate surface area is 270 Å². The van der Waals surface area contributed by atoms with E-state index in [1.165, 1.54) is 63.5 Å². The third kappa shape index (κ3) is 11.2. The fourth-order valence-corrected chi connectivity index (χ4v) is 7.35. The number of amides is 1. The van der Waals surface area contributed by atoms with Gasteiger partial charge in [0, 0.05) is 13.2 Å². The maximum Gasteiger partial charge on any atom is 0.421 e. The van der Waals surface area contributed by atoms with E-state index in [-0.39, 0.29) is 4.90 Å². The number of benzene rings is 1. The Morgan fingerprint density at radius 1 is 0.933 bits per heavy atom. The van der Waals surface area contributed by atoms with E-state index in [4.69, 9.17) is 23.7 Å². The van der Waals surface area contributed by atoms with Crippen molar-refractivity contribution in [3.8, 4) is 0 Å². The first-order valence-corrected chi connectivity index (χ1v) is 18.7. The van der Waals surface area contributed by atoms with Crippen molar-refractivity contribution in [2.75, 3.05) is 26.2 Å². The quantitative estimate of drug-likeness (QED) is 0.179. The number of hydrogen-bond donors (Lipinski definition) is 1. The number of carbonyl (C=O) groups excluding carboxylic acids is 1. The van der Waals surface area contributed by atoms with Crippen LogP contribution in [0.25, 0.3) is 0 Å². The lowest BCUT2D eigenvalue weighted by atomic mass is 10.0. The Bertz CT molecular complexity index is 1140. The van der Waals surface area contributed by atoms with Gasteiger partial charge in [0.1, 0.15) is 24.4 Å². The SMILES string of the molecule is CCCCCCCCCCCCO[C@H]1O[C@H]([C@@H](CN2CCCCC2)OC(=O)NS(=O)(=O)c2ccc(C)cc2)[C@@H]2OC(C)(C)O[C@H]12. The number of likely N-dealkylation sites (tertiary alicyclic amines) is 1. The Morgan fingerprint density at radius 2 is 1.53 bits per heavy atom. The second kappa shape index (κ2) is 17.4. The highest BCUT2D eigenvalue weighted by atomic mass is 32.2. The smallest absolute Gasteiger partial charge is 0.421 e. The zero-order valence-electron chi connectivity index (χ0n) is 27.8. The van der Waals surface area contributed by atoms with E-state index in [1.54, 1.807) is 12.1 Å².